The van der Waals surface area contributed by atoms with Gasteiger partial charge in [0, 0.05) is 10.8 Å². The highest BCUT2D eigenvalue weighted by Crippen LogP contribution is 2.41. The minimum atomic E-state index is -0.997. The molecule has 5 aromatic rings. The first-order valence-corrected chi connectivity index (χ1v) is 11.0. The molecule has 6 nitrogen and oxygen atoms in total. The molecule has 0 amide bonds. The van der Waals surface area contributed by atoms with Gasteiger partial charge in [-0.05, 0) is 50.6 Å². The molecule has 3 aromatic carbocycles. The quantitative estimate of drug-likeness (QED) is 0.313. The van der Waals surface area contributed by atoms with Crippen LogP contribution in [0, 0.1) is 20.8 Å². The number of hydrogen-bond acceptors (Lipinski definition) is 4. The van der Waals surface area contributed by atoms with Crippen LogP contribution in [0.2, 0.25) is 0 Å². The summed E-state index contributed by atoms with van der Waals surface area (Å²) in [6.45, 7) is 5.72. The fourth-order valence-electron chi connectivity index (χ4n) is 4.58. The van der Waals surface area contributed by atoms with Crippen LogP contribution in [-0.4, -0.2) is 20.2 Å². The maximum Gasteiger partial charge on any atom is 0.256 e. The van der Waals surface area contributed by atoms with Crippen LogP contribution in [0.15, 0.2) is 70.3 Å². The van der Waals surface area contributed by atoms with Crippen LogP contribution in [-0.2, 0) is 0 Å². The molecule has 0 saturated carbocycles. The van der Waals surface area contributed by atoms with Crippen LogP contribution in [0.1, 0.15) is 39.3 Å². The van der Waals surface area contributed by atoms with Crippen molar-refractivity contribution in [3.8, 4) is 11.5 Å². The van der Waals surface area contributed by atoms with E-state index in [0.29, 0.717) is 27.4 Å². The summed E-state index contributed by atoms with van der Waals surface area (Å²) in [6, 6.07) is 18.1. The minimum Gasteiger partial charge on any atom is -0.507 e. The molecule has 0 saturated heterocycles. The maximum absolute atomic E-state index is 13.3. The molecule has 0 fully saturated rings. The summed E-state index contributed by atoms with van der Waals surface area (Å²) in [6.07, 6.45) is 0. The summed E-state index contributed by atoms with van der Waals surface area (Å²) in [5.41, 5.74) is 3.38. The van der Waals surface area contributed by atoms with E-state index in [2.05, 4.69) is 9.97 Å². The molecule has 170 valence electrons. The molecule has 0 spiro atoms. The average molecular weight is 453 g/mol. The molecular weight excluding hydrogens is 428 g/mol. The molecular formula is C28H24N2O4. The first kappa shape index (κ1) is 21.5. The molecule has 2 heterocycles. The second kappa shape index (κ2) is 7.92. The third-order valence-corrected chi connectivity index (χ3v) is 6.34. The molecule has 0 atom stereocenters. The predicted octanol–water partition coefficient (Wildman–Crippen LogP) is 4.89. The van der Waals surface area contributed by atoms with Crippen LogP contribution in [0.3, 0.4) is 0 Å². The first-order chi connectivity index (χ1) is 16.2. The van der Waals surface area contributed by atoms with Gasteiger partial charge in [0.1, 0.15) is 11.5 Å². The van der Waals surface area contributed by atoms with Gasteiger partial charge in [0.2, 0.25) is 0 Å². The molecule has 0 bridgehead atoms. The van der Waals surface area contributed by atoms with Crippen molar-refractivity contribution in [3.63, 3.8) is 0 Å². The Labute approximate surface area is 195 Å². The van der Waals surface area contributed by atoms with E-state index in [4.69, 9.17) is 0 Å². The minimum absolute atomic E-state index is 0.00903. The number of fused-ring (bicyclic) bond motifs is 2. The molecule has 2 aromatic heterocycles. The SMILES string of the molecule is Cc1ccc(C(c2c(O)c3cc(C)ccc3[nH]c2=O)c2c(O)c3cc(C)ccc3[nH]c2=O)cc1. The Morgan fingerprint density at radius 1 is 0.618 bits per heavy atom. The summed E-state index contributed by atoms with van der Waals surface area (Å²) >= 11 is 0. The van der Waals surface area contributed by atoms with Crippen molar-refractivity contribution in [2.75, 3.05) is 0 Å². The van der Waals surface area contributed by atoms with Crippen molar-refractivity contribution >= 4 is 21.8 Å². The van der Waals surface area contributed by atoms with E-state index in [9.17, 15) is 19.8 Å². The summed E-state index contributed by atoms with van der Waals surface area (Å²) in [5.74, 6) is -1.42. The molecule has 6 heteroatoms. The Balaban J connectivity index is 1.91. The zero-order valence-corrected chi connectivity index (χ0v) is 19.1. The Hall–Kier alpha value is -4.32. The lowest BCUT2D eigenvalue weighted by Crippen LogP contribution is -2.24. The van der Waals surface area contributed by atoms with Gasteiger partial charge < -0.3 is 20.2 Å². The molecule has 0 aliphatic rings. The molecule has 0 aliphatic heterocycles. The lowest BCUT2D eigenvalue weighted by Gasteiger charge is -2.21. The molecule has 0 aliphatic carbocycles. The predicted molar refractivity (Wildman–Crippen MR) is 134 cm³/mol. The van der Waals surface area contributed by atoms with Crippen molar-refractivity contribution in [1.82, 2.24) is 9.97 Å². The lowest BCUT2D eigenvalue weighted by molar-refractivity contribution is 0.462. The van der Waals surface area contributed by atoms with Gasteiger partial charge in [0.15, 0.2) is 0 Å². The van der Waals surface area contributed by atoms with Crippen molar-refractivity contribution in [3.05, 3.63) is 115 Å². The zero-order valence-electron chi connectivity index (χ0n) is 19.1. The molecule has 4 N–H and O–H groups in total. The Bertz CT molecular complexity index is 1590. The second-order valence-electron chi connectivity index (χ2n) is 8.87. The second-order valence-corrected chi connectivity index (χ2v) is 8.87. The highest BCUT2D eigenvalue weighted by molar-refractivity contribution is 5.89. The van der Waals surface area contributed by atoms with Gasteiger partial charge in [-0.25, -0.2) is 0 Å². The van der Waals surface area contributed by atoms with Gasteiger partial charge in [0.05, 0.1) is 28.1 Å². The standard InChI is InChI=1S/C28H24N2O4/c1-14-4-8-17(9-5-14)22(23-25(31)18-12-15(2)6-10-20(18)29-27(23)33)24-26(32)19-13-16(3)7-11-21(19)30-28(24)34/h4-13,22H,1-3H3,(H2,29,31,33)(H2,30,32,34). The number of H-pyrrole nitrogens is 2. The summed E-state index contributed by atoms with van der Waals surface area (Å²) in [5, 5.41) is 23.6. The third-order valence-electron chi connectivity index (χ3n) is 6.34. The van der Waals surface area contributed by atoms with Crippen molar-refractivity contribution in [2.24, 2.45) is 0 Å². The van der Waals surface area contributed by atoms with Crippen LogP contribution in [0.4, 0.5) is 0 Å². The average Bonchev–Trinajstić information content (AvgIpc) is 2.80. The molecule has 5 rings (SSSR count). The number of aromatic hydroxyl groups is 2. The number of hydrogen-bond donors (Lipinski definition) is 4. The summed E-state index contributed by atoms with van der Waals surface area (Å²) < 4.78 is 0. The van der Waals surface area contributed by atoms with E-state index in [1.54, 1.807) is 36.4 Å². The van der Waals surface area contributed by atoms with Gasteiger partial charge in [-0.3, -0.25) is 9.59 Å². The largest absolute Gasteiger partial charge is 0.507 e. The van der Waals surface area contributed by atoms with E-state index in [1.165, 1.54) is 0 Å². The van der Waals surface area contributed by atoms with E-state index in [-0.39, 0.29) is 22.6 Å². The van der Waals surface area contributed by atoms with Crippen LogP contribution in [0.25, 0.3) is 21.8 Å². The normalized spacial score (nSPS) is 11.5. The van der Waals surface area contributed by atoms with Gasteiger partial charge in [-0.1, -0.05) is 53.1 Å². The maximum atomic E-state index is 13.3. The molecule has 34 heavy (non-hydrogen) atoms. The third kappa shape index (κ3) is 3.44. The van der Waals surface area contributed by atoms with Crippen LogP contribution < -0.4 is 11.1 Å². The fourth-order valence-corrected chi connectivity index (χ4v) is 4.58. The van der Waals surface area contributed by atoms with Gasteiger partial charge in [-0.15, -0.1) is 0 Å². The van der Waals surface area contributed by atoms with E-state index in [1.807, 2.05) is 45.0 Å². The smallest absolute Gasteiger partial charge is 0.256 e. The Morgan fingerprint density at radius 2 is 1.03 bits per heavy atom. The Kier molecular flexibility index (Phi) is 5.01. The van der Waals surface area contributed by atoms with Gasteiger partial charge >= 0.3 is 0 Å². The number of aryl methyl sites for hydroxylation is 3. The van der Waals surface area contributed by atoms with Crippen molar-refractivity contribution in [1.29, 1.82) is 0 Å². The van der Waals surface area contributed by atoms with Crippen LogP contribution in [0.5, 0.6) is 11.5 Å². The Morgan fingerprint density at radius 3 is 1.47 bits per heavy atom. The topological polar surface area (TPSA) is 106 Å². The van der Waals surface area contributed by atoms with Gasteiger partial charge in [-0.2, -0.15) is 0 Å². The molecule has 0 radical (unpaired) electrons. The highest BCUT2D eigenvalue weighted by atomic mass is 16.3. The number of aromatic nitrogens is 2. The number of rotatable bonds is 3. The monoisotopic (exact) mass is 452 g/mol. The lowest BCUT2D eigenvalue weighted by atomic mass is 9.83. The highest BCUT2D eigenvalue weighted by Gasteiger charge is 2.30. The number of aromatic amines is 2. The fraction of sp³-hybridized carbons (Fsp3) is 0.143. The van der Waals surface area contributed by atoms with E-state index in [0.717, 1.165) is 16.7 Å². The first-order valence-electron chi connectivity index (χ1n) is 11.0. The van der Waals surface area contributed by atoms with Crippen molar-refractivity contribution in [2.45, 2.75) is 26.7 Å². The van der Waals surface area contributed by atoms with Crippen LogP contribution >= 0.6 is 0 Å². The number of pyridine rings is 2. The van der Waals surface area contributed by atoms with Gasteiger partial charge in [0.25, 0.3) is 11.1 Å². The number of benzene rings is 3. The zero-order chi connectivity index (χ0) is 24.1. The van der Waals surface area contributed by atoms with Crippen molar-refractivity contribution < 1.29 is 10.2 Å². The van der Waals surface area contributed by atoms with E-state index >= 15 is 0 Å². The van der Waals surface area contributed by atoms with E-state index < -0.39 is 17.0 Å². The molecule has 0 unspecified atom stereocenters. The summed E-state index contributed by atoms with van der Waals surface area (Å²) in [7, 11) is 0. The number of nitrogens with one attached hydrogen (secondary N) is 2. The summed E-state index contributed by atoms with van der Waals surface area (Å²) in [4.78, 5) is 32.3.